The number of thiophene rings is 1. The molecule has 8 nitrogen and oxygen atoms in total. The van der Waals surface area contributed by atoms with E-state index in [1.165, 1.54) is 35.1 Å². The van der Waals surface area contributed by atoms with E-state index in [1.807, 2.05) is 31.2 Å². The molecule has 0 bridgehead atoms. The smallest absolute Gasteiger partial charge is 0.287 e. The van der Waals surface area contributed by atoms with E-state index in [1.54, 1.807) is 17.5 Å². The predicted molar refractivity (Wildman–Crippen MR) is 128 cm³/mol. The van der Waals surface area contributed by atoms with Gasteiger partial charge in [-0.1, -0.05) is 35.9 Å². The molecule has 3 N–H and O–H groups in total. The molecular weight excluding hydrogens is 457 g/mol. The maximum atomic E-state index is 12.7. The summed E-state index contributed by atoms with van der Waals surface area (Å²) in [7, 11) is 1.49. The number of nitrogens with one attached hydrogen (secondary N) is 3. The Kier molecular flexibility index (Phi) is 6.69. The van der Waals surface area contributed by atoms with Crippen molar-refractivity contribution in [2.24, 2.45) is 0 Å². The standard InChI is InChI=1S/C17H15N5O3S.C7H7F/c1-18-17(25)15-20-14(11-6-19-13(23)7-22(11)15)21-16(24)10-8-26-12-5-3-2-4-9(10)12;1-6-2-4-7(8)5-3-6/h2-5,8H,6-7H2,1H3,(H,18,25)(H,19,23)(H,21,24);2-5H,1H3. The summed E-state index contributed by atoms with van der Waals surface area (Å²) >= 11 is 1.49. The van der Waals surface area contributed by atoms with E-state index in [-0.39, 0.29) is 42.4 Å². The van der Waals surface area contributed by atoms with E-state index in [0.29, 0.717) is 11.3 Å². The second-order valence-corrected chi connectivity index (χ2v) is 8.48. The summed E-state index contributed by atoms with van der Waals surface area (Å²) in [6.07, 6.45) is 0. The molecule has 34 heavy (non-hydrogen) atoms. The van der Waals surface area contributed by atoms with Crippen molar-refractivity contribution < 1.29 is 18.8 Å². The molecule has 0 unspecified atom stereocenters. The van der Waals surface area contributed by atoms with Crippen LogP contribution in [0.4, 0.5) is 10.2 Å². The molecule has 1 aliphatic heterocycles. The van der Waals surface area contributed by atoms with Crippen LogP contribution < -0.4 is 16.0 Å². The van der Waals surface area contributed by atoms with Gasteiger partial charge >= 0.3 is 0 Å². The Labute approximate surface area is 198 Å². The molecule has 10 heteroatoms. The van der Waals surface area contributed by atoms with Crippen molar-refractivity contribution in [3.63, 3.8) is 0 Å². The van der Waals surface area contributed by atoms with Gasteiger partial charge in [0.15, 0.2) is 5.82 Å². The van der Waals surface area contributed by atoms with Gasteiger partial charge in [0.2, 0.25) is 11.7 Å². The van der Waals surface area contributed by atoms with E-state index >= 15 is 0 Å². The van der Waals surface area contributed by atoms with Gasteiger partial charge in [-0.05, 0) is 25.1 Å². The highest BCUT2D eigenvalue weighted by atomic mass is 32.1. The third-order valence-electron chi connectivity index (χ3n) is 5.23. The summed E-state index contributed by atoms with van der Waals surface area (Å²) in [5, 5.41) is 10.6. The average Bonchev–Trinajstić information content (AvgIpc) is 3.42. The van der Waals surface area contributed by atoms with E-state index in [4.69, 9.17) is 0 Å². The zero-order chi connectivity index (χ0) is 24.2. The third kappa shape index (κ3) is 4.81. The lowest BCUT2D eigenvalue weighted by Crippen LogP contribution is -2.36. The highest BCUT2D eigenvalue weighted by Crippen LogP contribution is 2.27. The number of amides is 3. The number of halogens is 1. The Hall–Kier alpha value is -4.05. The second kappa shape index (κ2) is 9.84. The molecule has 0 spiro atoms. The fourth-order valence-corrected chi connectivity index (χ4v) is 4.41. The lowest BCUT2D eigenvalue weighted by molar-refractivity contribution is -0.122. The fraction of sp³-hybridized carbons (Fsp3) is 0.167. The van der Waals surface area contributed by atoms with Crippen molar-refractivity contribution in [1.82, 2.24) is 20.2 Å². The van der Waals surface area contributed by atoms with Crippen LogP contribution in [-0.4, -0.2) is 34.3 Å². The molecule has 2 aromatic carbocycles. The van der Waals surface area contributed by atoms with Crippen molar-refractivity contribution in [2.45, 2.75) is 20.0 Å². The molecule has 0 saturated carbocycles. The Bertz CT molecular complexity index is 1360. The van der Waals surface area contributed by atoms with Crippen LogP contribution in [0.5, 0.6) is 0 Å². The molecule has 0 atom stereocenters. The highest BCUT2D eigenvalue weighted by Gasteiger charge is 2.27. The van der Waals surface area contributed by atoms with Crippen molar-refractivity contribution in [2.75, 3.05) is 12.4 Å². The number of anilines is 1. The van der Waals surface area contributed by atoms with Gasteiger partial charge in [0.1, 0.15) is 12.4 Å². The van der Waals surface area contributed by atoms with E-state index < -0.39 is 5.91 Å². The maximum absolute atomic E-state index is 12.7. The number of imidazole rings is 1. The molecule has 4 aromatic rings. The predicted octanol–water partition coefficient (Wildman–Crippen LogP) is 3.47. The third-order valence-corrected chi connectivity index (χ3v) is 6.19. The Morgan fingerprint density at radius 2 is 1.85 bits per heavy atom. The number of aryl methyl sites for hydroxylation is 1. The minimum Gasteiger partial charge on any atom is -0.352 e. The van der Waals surface area contributed by atoms with Gasteiger partial charge in [0, 0.05) is 22.5 Å². The molecule has 5 rings (SSSR count). The van der Waals surface area contributed by atoms with Crippen molar-refractivity contribution in [1.29, 1.82) is 0 Å². The number of aromatic nitrogens is 2. The van der Waals surface area contributed by atoms with Gasteiger partial charge < -0.3 is 20.5 Å². The van der Waals surface area contributed by atoms with Crippen LogP contribution in [-0.2, 0) is 17.9 Å². The van der Waals surface area contributed by atoms with Gasteiger partial charge in [-0.25, -0.2) is 9.37 Å². The Morgan fingerprint density at radius 1 is 1.12 bits per heavy atom. The zero-order valence-corrected chi connectivity index (χ0v) is 19.3. The largest absolute Gasteiger partial charge is 0.352 e. The number of carbonyl (C=O) groups excluding carboxylic acids is 3. The van der Waals surface area contributed by atoms with Gasteiger partial charge in [0.25, 0.3) is 11.8 Å². The van der Waals surface area contributed by atoms with Crippen LogP contribution in [0.25, 0.3) is 10.1 Å². The summed E-state index contributed by atoms with van der Waals surface area (Å²) in [4.78, 5) is 40.7. The minimum absolute atomic E-state index is 0.0116. The first-order valence-corrected chi connectivity index (χ1v) is 11.3. The average molecular weight is 480 g/mol. The minimum atomic E-state index is -0.414. The number of benzene rings is 2. The number of fused-ring (bicyclic) bond motifs is 2. The second-order valence-electron chi connectivity index (χ2n) is 7.57. The Balaban J connectivity index is 0.000000291. The van der Waals surface area contributed by atoms with E-state index in [9.17, 15) is 18.8 Å². The molecule has 3 heterocycles. The first-order valence-electron chi connectivity index (χ1n) is 10.4. The van der Waals surface area contributed by atoms with Gasteiger partial charge in [-0.2, -0.15) is 0 Å². The maximum Gasteiger partial charge on any atom is 0.287 e. The van der Waals surface area contributed by atoms with Crippen LogP contribution in [0.1, 0.15) is 32.2 Å². The highest BCUT2D eigenvalue weighted by molar-refractivity contribution is 7.17. The topological polar surface area (TPSA) is 105 Å². The van der Waals surface area contributed by atoms with Crippen LogP contribution in [0.2, 0.25) is 0 Å². The first kappa shape index (κ1) is 23.1. The number of nitrogens with zero attached hydrogens (tertiary/aromatic N) is 2. The number of rotatable bonds is 3. The quantitative estimate of drug-likeness (QED) is 0.418. The van der Waals surface area contributed by atoms with Crippen molar-refractivity contribution in [3.8, 4) is 0 Å². The molecule has 0 radical (unpaired) electrons. The SMILES string of the molecule is CNC(=O)c1nc(NC(=O)c2csc3ccccc23)c2n1CC(=O)NC2.Cc1ccc(F)cc1. The molecule has 2 aromatic heterocycles. The molecular formula is C24H22FN5O3S. The van der Waals surface area contributed by atoms with Gasteiger partial charge in [0.05, 0.1) is 17.8 Å². The molecule has 1 aliphatic rings. The molecule has 0 fully saturated rings. The summed E-state index contributed by atoms with van der Waals surface area (Å²) in [5.41, 5.74) is 2.23. The van der Waals surface area contributed by atoms with Gasteiger partial charge in [-0.3, -0.25) is 14.4 Å². The Morgan fingerprint density at radius 3 is 2.56 bits per heavy atom. The molecule has 174 valence electrons. The summed E-state index contributed by atoms with van der Waals surface area (Å²) in [5.74, 6) is -0.713. The monoisotopic (exact) mass is 479 g/mol. The summed E-state index contributed by atoms with van der Waals surface area (Å²) in [6.45, 7) is 2.12. The van der Waals surface area contributed by atoms with Crippen LogP contribution >= 0.6 is 11.3 Å². The van der Waals surface area contributed by atoms with Crippen LogP contribution in [0.15, 0.2) is 53.9 Å². The normalized spacial score (nSPS) is 12.3. The number of hydrogen-bond donors (Lipinski definition) is 3. The van der Waals surface area contributed by atoms with Crippen LogP contribution in [0, 0.1) is 12.7 Å². The lowest BCUT2D eigenvalue weighted by Gasteiger charge is -2.17. The van der Waals surface area contributed by atoms with E-state index in [0.717, 1.165) is 15.6 Å². The summed E-state index contributed by atoms with van der Waals surface area (Å²) < 4.78 is 14.6. The molecule has 3 amide bonds. The van der Waals surface area contributed by atoms with Crippen molar-refractivity contribution >= 4 is 45.0 Å². The van der Waals surface area contributed by atoms with Gasteiger partial charge in [-0.15, -0.1) is 11.3 Å². The first-order chi connectivity index (χ1) is 16.4. The summed E-state index contributed by atoms with van der Waals surface area (Å²) in [6, 6.07) is 14.0. The van der Waals surface area contributed by atoms with Crippen molar-refractivity contribution in [3.05, 3.63) is 82.4 Å². The number of hydrogen-bond acceptors (Lipinski definition) is 5. The lowest BCUT2D eigenvalue weighted by atomic mass is 10.1. The van der Waals surface area contributed by atoms with E-state index in [2.05, 4.69) is 20.9 Å². The molecule has 0 aliphatic carbocycles. The zero-order valence-electron chi connectivity index (χ0n) is 18.5. The van der Waals surface area contributed by atoms with Crippen LogP contribution in [0.3, 0.4) is 0 Å². The fourth-order valence-electron chi connectivity index (χ4n) is 3.46. The number of carbonyl (C=O) groups is 3. The molecule has 0 saturated heterocycles.